The van der Waals surface area contributed by atoms with Crippen LogP contribution in [0, 0.1) is 0 Å². The number of ether oxygens (including phenoxy) is 2. The smallest absolute Gasteiger partial charge is 0.138 e. The fourth-order valence-corrected chi connectivity index (χ4v) is 2.02. The standard InChI is InChI=1S/C12H16ClNO2/c1-15-9-4-5-12(11(13)7-9)16-10-3-2-6-14-8-10/h4-5,7,10,14H,2-3,6,8H2,1H3. The van der Waals surface area contributed by atoms with Crippen LogP contribution >= 0.6 is 11.6 Å². The minimum atomic E-state index is 0.222. The summed E-state index contributed by atoms with van der Waals surface area (Å²) < 4.78 is 10.9. The van der Waals surface area contributed by atoms with Crippen molar-refractivity contribution in [3.8, 4) is 11.5 Å². The molecule has 1 heterocycles. The molecule has 1 aliphatic rings. The SMILES string of the molecule is COc1ccc(OC2CCCNC2)c(Cl)c1. The number of rotatable bonds is 3. The van der Waals surface area contributed by atoms with Crippen LogP contribution in [0.2, 0.25) is 5.02 Å². The Morgan fingerprint density at radius 3 is 2.94 bits per heavy atom. The van der Waals surface area contributed by atoms with Gasteiger partial charge in [0, 0.05) is 12.6 Å². The maximum absolute atomic E-state index is 6.10. The molecule has 3 nitrogen and oxygen atoms in total. The maximum Gasteiger partial charge on any atom is 0.138 e. The van der Waals surface area contributed by atoms with E-state index in [1.165, 1.54) is 0 Å². The van der Waals surface area contributed by atoms with Crippen LogP contribution in [0.25, 0.3) is 0 Å². The van der Waals surface area contributed by atoms with E-state index in [9.17, 15) is 0 Å². The quantitative estimate of drug-likeness (QED) is 0.882. The highest BCUT2D eigenvalue weighted by Crippen LogP contribution is 2.30. The Bertz CT molecular complexity index is 351. The number of nitrogens with one attached hydrogen (secondary N) is 1. The van der Waals surface area contributed by atoms with Crippen molar-refractivity contribution in [2.24, 2.45) is 0 Å². The topological polar surface area (TPSA) is 30.5 Å². The summed E-state index contributed by atoms with van der Waals surface area (Å²) >= 11 is 6.10. The number of halogens is 1. The molecule has 1 saturated heterocycles. The normalized spacial score (nSPS) is 20.5. The van der Waals surface area contributed by atoms with Crippen molar-refractivity contribution in [2.45, 2.75) is 18.9 Å². The Kier molecular flexibility index (Phi) is 3.91. The van der Waals surface area contributed by atoms with Gasteiger partial charge in [-0.2, -0.15) is 0 Å². The van der Waals surface area contributed by atoms with Crippen molar-refractivity contribution in [1.82, 2.24) is 5.32 Å². The third-order valence-corrected chi connectivity index (χ3v) is 2.98. The van der Waals surface area contributed by atoms with Crippen LogP contribution in [0.3, 0.4) is 0 Å². The summed E-state index contributed by atoms with van der Waals surface area (Å²) in [5.74, 6) is 1.48. The average molecular weight is 242 g/mol. The van der Waals surface area contributed by atoms with E-state index in [2.05, 4.69) is 5.32 Å². The van der Waals surface area contributed by atoms with E-state index < -0.39 is 0 Å². The van der Waals surface area contributed by atoms with Crippen LogP contribution in [0.5, 0.6) is 11.5 Å². The lowest BCUT2D eigenvalue weighted by Gasteiger charge is -2.24. The molecule has 16 heavy (non-hydrogen) atoms. The van der Waals surface area contributed by atoms with Crippen LogP contribution in [0.1, 0.15) is 12.8 Å². The van der Waals surface area contributed by atoms with E-state index in [1.54, 1.807) is 13.2 Å². The van der Waals surface area contributed by atoms with Crippen LogP contribution < -0.4 is 14.8 Å². The molecule has 0 bridgehead atoms. The van der Waals surface area contributed by atoms with Gasteiger partial charge in [0.15, 0.2) is 0 Å². The number of benzene rings is 1. The summed E-state index contributed by atoms with van der Waals surface area (Å²) in [6.07, 6.45) is 2.45. The fraction of sp³-hybridized carbons (Fsp3) is 0.500. The Balaban J connectivity index is 2.03. The van der Waals surface area contributed by atoms with E-state index in [1.807, 2.05) is 12.1 Å². The molecule has 0 radical (unpaired) electrons. The second-order valence-corrected chi connectivity index (χ2v) is 4.29. The van der Waals surface area contributed by atoms with Crippen molar-refractivity contribution in [1.29, 1.82) is 0 Å². The molecule has 4 heteroatoms. The number of methoxy groups -OCH3 is 1. The minimum absolute atomic E-state index is 0.222. The number of hydrogen-bond acceptors (Lipinski definition) is 3. The number of hydrogen-bond donors (Lipinski definition) is 1. The number of piperidine rings is 1. The predicted molar refractivity (Wildman–Crippen MR) is 64.5 cm³/mol. The van der Waals surface area contributed by atoms with Gasteiger partial charge in [-0.25, -0.2) is 0 Å². The van der Waals surface area contributed by atoms with E-state index in [0.29, 0.717) is 5.02 Å². The van der Waals surface area contributed by atoms with Crippen LogP contribution in [0.15, 0.2) is 18.2 Å². The summed E-state index contributed by atoms with van der Waals surface area (Å²) in [4.78, 5) is 0. The third kappa shape index (κ3) is 2.80. The molecule has 0 aliphatic carbocycles. The molecule has 1 atom stereocenters. The summed E-state index contributed by atoms with van der Waals surface area (Å²) in [5, 5.41) is 3.91. The summed E-state index contributed by atoms with van der Waals surface area (Å²) in [6.45, 7) is 1.97. The molecule has 0 amide bonds. The monoisotopic (exact) mass is 241 g/mol. The fourth-order valence-electron chi connectivity index (χ4n) is 1.80. The lowest BCUT2D eigenvalue weighted by Crippen LogP contribution is -2.37. The second-order valence-electron chi connectivity index (χ2n) is 3.88. The first-order chi connectivity index (χ1) is 7.79. The van der Waals surface area contributed by atoms with Crippen molar-refractivity contribution >= 4 is 11.6 Å². The van der Waals surface area contributed by atoms with Gasteiger partial charge in [0.2, 0.25) is 0 Å². The van der Waals surface area contributed by atoms with Gasteiger partial charge in [-0.05, 0) is 31.5 Å². The van der Waals surface area contributed by atoms with Crippen molar-refractivity contribution in [2.75, 3.05) is 20.2 Å². The molecule has 0 spiro atoms. The Morgan fingerprint density at radius 1 is 1.44 bits per heavy atom. The lowest BCUT2D eigenvalue weighted by molar-refractivity contribution is 0.167. The van der Waals surface area contributed by atoms with Gasteiger partial charge in [0.25, 0.3) is 0 Å². The molecular weight excluding hydrogens is 226 g/mol. The molecule has 1 aromatic rings. The molecule has 1 aromatic carbocycles. The maximum atomic E-state index is 6.10. The first-order valence-corrected chi connectivity index (χ1v) is 5.88. The van der Waals surface area contributed by atoms with Crippen molar-refractivity contribution in [3.05, 3.63) is 23.2 Å². The molecule has 0 saturated carbocycles. The van der Waals surface area contributed by atoms with E-state index >= 15 is 0 Å². The van der Waals surface area contributed by atoms with E-state index in [4.69, 9.17) is 21.1 Å². The Labute approximate surface area is 101 Å². The second kappa shape index (κ2) is 5.41. The van der Waals surface area contributed by atoms with Crippen molar-refractivity contribution in [3.63, 3.8) is 0 Å². The van der Waals surface area contributed by atoms with Crippen LogP contribution in [-0.2, 0) is 0 Å². The van der Waals surface area contributed by atoms with E-state index in [0.717, 1.165) is 37.4 Å². The summed E-state index contributed by atoms with van der Waals surface area (Å²) in [5.41, 5.74) is 0. The summed E-state index contributed by atoms with van der Waals surface area (Å²) in [7, 11) is 1.62. The highest BCUT2D eigenvalue weighted by molar-refractivity contribution is 6.32. The molecule has 1 unspecified atom stereocenters. The van der Waals surface area contributed by atoms with Crippen molar-refractivity contribution < 1.29 is 9.47 Å². The van der Waals surface area contributed by atoms with Gasteiger partial charge in [-0.3, -0.25) is 0 Å². The average Bonchev–Trinajstić information content (AvgIpc) is 2.33. The molecule has 2 rings (SSSR count). The van der Waals surface area contributed by atoms with Gasteiger partial charge in [-0.1, -0.05) is 11.6 Å². The lowest BCUT2D eigenvalue weighted by atomic mass is 10.1. The van der Waals surface area contributed by atoms with Gasteiger partial charge in [-0.15, -0.1) is 0 Å². The highest BCUT2D eigenvalue weighted by atomic mass is 35.5. The Morgan fingerprint density at radius 2 is 2.31 bits per heavy atom. The largest absolute Gasteiger partial charge is 0.497 e. The Hall–Kier alpha value is -0.930. The van der Waals surface area contributed by atoms with Gasteiger partial charge >= 0.3 is 0 Å². The predicted octanol–water partition coefficient (Wildman–Crippen LogP) is 2.48. The van der Waals surface area contributed by atoms with Gasteiger partial charge in [0.1, 0.15) is 17.6 Å². The first-order valence-electron chi connectivity index (χ1n) is 5.50. The first kappa shape index (κ1) is 11.6. The zero-order valence-corrected chi connectivity index (χ0v) is 10.1. The van der Waals surface area contributed by atoms with Crippen LogP contribution in [0.4, 0.5) is 0 Å². The van der Waals surface area contributed by atoms with Crippen LogP contribution in [-0.4, -0.2) is 26.3 Å². The van der Waals surface area contributed by atoms with Gasteiger partial charge < -0.3 is 14.8 Å². The van der Waals surface area contributed by atoms with Gasteiger partial charge in [0.05, 0.1) is 12.1 Å². The molecule has 0 aromatic heterocycles. The highest BCUT2D eigenvalue weighted by Gasteiger charge is 2.15. The molecule has 88 valence electrons. The van der Waals surface area contributed by atoms with E-state index in [-0.39, 0.29) is 6.10 Å². The zero-order valence-electron chi connectivity index (χ0n) is 9.33. The molecule has 1 aliphatic heterocycles. The zero-order chi connectivity index (χ0) is 11.4. The summed E-state index contributed by atoms with van der Waals surface area (Å²) in [6, 6.07) is 5.49. The molecule has 1 N–H and O–H groups in total. The molecular formula is C12H16ClNO2. The molecule has 1 fully saturated rings. The minimum Gasteiger partial charge on any atom is -0.497 e. The third-order valence-electron chi connectivity index (χ3n) is 2.68.